The third kappa shape index (κ3) is 1.71. The second-order valence-electron chi connectivity index (χ2n) is 6.61. The van der Waals surface area contributed by atoms with Crippen molar-refractivity contribution >= 4 is 10.9 Å². The molecule has 22 heavy (non-hydrogen) atoms. The summed E-state index contributed by atoms with van der Waals surface area (Å²) in [6, 6.07) is 16.2. The molecule has 0 aliphatic carbocycles. The quantitative estimate of drug-likeness (QED) is 0.625. The standard InChI is InChI=1S/C20H20N2/c1-2-7-15-14(6-1)13-22-11-4-3-10-19(22)17-12-21-18-9-5-8-16(15)20(17)18/h1-2,5-9,12,19,21H,3-4,10-11,13H2. The van der Waals surface area contributed by atoms with Crippen LogP contribution in [0, 0.1) is 0 Å². The van der Waals surface area contributed by atoms with Crippen molar-refractivity contribution in [2.24, 2.45) is 0 Å². The van der Waals surface area contributed by atoms with Crippen LogP contribution in [-0.4, -0.2) is 16.4 Å². The van der Waals surface area contributed by atoms with E-state index in [1.54, 1.807) is 0 Å². The molecule has 1 N–H and O–H groups in total. The van der Waals surface area contributed by atoms with Gasteiger partial charge in [-0.1, -0.05) is 42.8 Å². The van der Waals surface area contributed by atoms with Gasteiger partial charge in [-0.15, -0.1) is 0 Å². The van der Waals surface area contributed by atoms with E-state index < -0.39 is 0 Å². The van der Waals surface area contributed by atoms with E-state index >= 15 is 0 Å². The lowest BCUT2D eigenvalue weighted by Gasteiger charge is -2.37. The maximum absolute atomic E-state index is 3.51. The van der Waals surface area contributed by atoms with E-state index in [1.165, 1.54) is 59.0 Å². The predicted octanol–water partition coefficient (Wildman–Crippen LogP) is 4.88. The van der Waals surface area contributed by atoms with Crippen LogP contribution in [0.3, 0.4) is 0 Å². The highest BCUT2D eigenvalue weighted by Crippen LogP contribution is 2.43. The molecule has 3 aromatic rings. The van der Waals surface area contributed by atoms with Crippen molar-refractivity contribution in [2.75, 3.05) is 6.54 Å². The minimum atomic E-state index is 0.567. The van der Waals surface area contributed by atoms with Gasteiger partial charge >= 0.3 is 0 Å². The monoisotopic (exact) mass is 288 g/mol. The normalized spacial score (nSPS) is 21.0. The molecule has 110 valence electrons. The number of aromatic nitrogens is 1. The molecule has 1 unspecified atom stereocenters. The van der Waals surface area contributed by atoms with E-state index in [0.29, 0.717) is 6.04 Å². The summed E-state index contributed by atoms with van der Waals surface area (Å²) in [7, 11) is 0. The summed E-state index contributed by atoms with van der Waals surface area (Å²) < 4.78 is 0. The van der Waals surface area contributed by atoms with Crippen LogP contribution in [0.1, 0.15) is 36.4 Å². The average molecular weight is 288 g/mol. The number of nitrogens with one attached hydrogen (secondary N) is 1. The minimum Gasteiger partial charge on any atom is -0.361 e. The van der Waals surface area contributed by atoms with Crippen molar-refractivity contribution in [1.29, 1.82) is 0 Å². The molecule has 2 aromatic carbocycles. The molecule has 2 nitrogen and oxygen atoms in total. The van der Waals surface area contributed by atoms with Gasteiger partial charge in [0, 0.05) is 29.7 Å². The van der Waals surface area contributed by atoms with Crippen LogP contribution in [0.4, 0.5) is 0 Å². The second kappa shape index (κ2) is 4.72. The number of hydrogen-bond donors (Lipinski definition) is 1. The molecular formula is C20H20N2. The molecule has 0 spiro atoms. The summed E-state index contributed by atoms with van der Waals surface area (Å²) in [5.74, 6) is 0. The Morgan fingerprint density at radius 3 is 2.86 bits per heavy atom. The molecule has 0 bridgehead atoms. The topological polar surface area (TPSA) is 19.0 Å². The highest BCUT2D eigenvalue weighted by atomic mass is 15.2. The summed E-state index contributed by atoms with van der Waals surface area (Å²) in [6.45, 7) is 2.29. The van der Waals surface area contributed by atoms with Crippen molar-refractivity contribution < 1.29 is 0 Å². The SMILES string of the molecule is c1ccc2c(c1)CN1CCCCC1c1c[nH]c3cccc-2c13. The summed E-state index contributed by atoms with van der Waals surface area (Å²) in [4.78, 5) is 6.19. The Morgan fingerprint density at radius 2 is 1.86 bits per heavy atom. The Bertz CT molecular complexity index is 846. The van der Waals surface area contributed by atoms with Gasteiger partial charge in [-0.3, -0.25) is 4.90 Å². The van der Waals surface area contributed by atoms with Crippen LogP contribution < -0.4 is 0 Å². The molecule has 2 aliphatic heterocycles. The van der Waals surface area contributed by atoms with Gasteiger partial charge in [0.25, 0.3) is 0 Å². The van der Waals surface area contributed by atoms with Crippen molar-refractivity contribution in [3.05, 3.63) is 59.8 Å². The van der Waals surface area contributed by atoms with Gasteiger partial charge in [0.05, 0.1) is 0 Å². The molecule has 1 aromatic heterocycles. The molecule has 0 amide bonds. The summed E-state index contributed by atoms with van der Waals surface area (Å²) in [5, 5.41) is 1.44. The van der Waals surface area contributed by atoms with Gasteiger partial charge in [0.1, 0.15) is 0 Å². The van der Waals surface area contributed by atoms with E-state index in [4.69, 9.17) is 0 Å². The lowest BCUT2D eigenvalue weighted by molar-refractivity contribution is 0.141. The van der Waals surface area contributed by atoms with Crippen molar-refractivity contribution in [3.8, 4) is 11.1 Å². The Kier molecular flexibility index (Phi) is 2.68. The van der Waals surface area contributed by atoms with Crippen LogP contribution in [0.25, 0.3) is 22.0 Å². The number of benzene rings is 2. The zero-order chi connectivity index (χ0) is 14.5. The van der Waals surface area contributed by atoms with Crippen molar-refractivity contribution in [2.45, 2.75) is 31.8 Å². The largest absolute Gasteiger partial charge is 0.361 e. The van der Waals surface area contributed by atoms with Gasteiger partial charge in [0.15, 0.2) is 0 Å². The number of rotatable bonds is 0. The van der Waals surface area contributed by atoms with Gasteiger partial charge in [-0.25, -0.2) is 0 Å². The molecule has 2 aliphatic rings. The van der Waals surface area contributed by atoms with E-state index in [0.717, 1.165) is 6.54 Å². The molecule has 1 fully saturated rings. The Labute approximate surface area is 130 Å². The van der Waals surface area contributed by atoms with Crippen LogP contribution >= 0.6 is 0 Å². The number of fused-ring (bicyclic) bond motifs is 4. The fourth-order valence-electron chi connectivity index (χ4n) is 4.37. The van der Waals surface area contributed by atoms with E-state index in [2.05, 4.69) is 58.5 Å². The first-order valence-electron chi connectivity index (χ1n) is 8.34. The van der Waals surface area contributed by atoms with Crippen LogP contribution in [-0.2, 0) is 6.54 Å². The predicted molar refractivity (Wildman–Crippen MR) is 90.7 cm³/mol. The number of nitrogens with zero attached hydrogens (tertiary/aromatic N) is 1. The van der Waals surface area contributed by atoms with E-state index in [1.807, 2.05) is 0 Å². The van der Waals surface area contributed by atoms with Crippen molar-refractivity contribution in [1.82, 2.24) is 9.88 Å². The molecule has 0 radical (unpaired) electrons. The summed E-state index contributed by atoms with van der Waals surface area (Å²) >= 11 is 0. The van der Waals surface area contributed by atoms with Gasteiger partial charge in [-0.2, -0.15) is 0 Å². The molecular weight excluding hydrogens is 268 g/mol. The molecule has 5 rings (SSSR count). The molecule has 0 saturated carbocycles. The maximum atomic E-state index is 3.51. The van der Waals surface area contributed by atoms with Gasteiger partial charge in [-0.05, 0) is 47.7 Å². The summed E-state index contributed by atoms with van der Waals surface area (Å²) in [5.41, 5.74) is 7.04. The van der Waals surface area contributed by atoms with Gasteiger partial charge in [0.2, 0.25) is 0 Å². The number of aromatic amines is 1. The maximum Gasteiger partial charge on any atom is 0.0463 e. The minimum absolute atomic E-state index is 0.567. The average Bonchev–Trinajstić information content (AvgIpc) is 2.98. The molecule has 2 heteroatoms. The van der Waals surface area contributed by atoms with E-state index in [-0.39, 0.29) is 0 Å². The third-order valence-corrected chi connectivity index (χ3v) is 5.39. The summed E-state index contributed by atoms with van der Waals surface area (Å²) in [6.07, 6.45) is 6.21. The van der Waals surface area contributed by atoms with Crippen molar-refractivity contribution in [3.63, 3.8) is 0 Å². The van der Waals surface area contributed by atoms with Crippen LogP contribution in [0.15, 0.2) is 48.7 Å². The molecule has 3 heterocycles. The van der Waals surface area contributed by atoms with Crippen LogP contribution in [0.5, 0.6) is 0 Å². The first kappa shape index (κ1) is 12.5. The second-order valence-corrected chi connectivity index (χ2v) is 6.61. The van der Waals surface area contributed by atoms with Crippen LogP contribution in [0.2, 0.25) is 0 Å². The zero-order valence-electron chi connectivity index (χ0n) is 12.7. The zero-order valence-corrected chi connectivity index (χ0v) is 12.7. The lowest BCUT2D eigenvalue weighted by Crippen LogP contribution is -2.33. The Balaban J connectivity index is 1.87. The first-order chi connectivity index (χ1) is 10.9. The first-order valence-corrected chi connectivity index (χ1v) is 8.34. The fourth-order valence-corrected chi connectivity index (χ4v) is 4.37. The number of piperidine rings is 1. The molecule has 1 saturated heterocycles. The number of H-pyrrole nitrogens is 1. The molecule has 1 atom stereocenters. The highest BCUT2D eigenvalue weighted by molar-refractivity contribution is 5.99. The number of hydrogen-bond acceptors (Lipinski definition) is 1. The fraction of sp³-hybridized carbons (Fsp3) is 0.300. The Hall–Kier alpha value is -2.06. The Morgan fingerprint density at radius 1 is 0.955 bits per heavy atom. The van der Waals surface area contributed by atoms with Gasteiger partial charge < -0.3 is 4.98 Å². The third-order valence-electron chi connectivity index (χ3n) is 5.39. The van der Waals surface area contributed by atoms with E-state index in [9.17, 15) is 0 Å². The highest BCUT2D eigenvalue weighted by Gasteiger charge is 2.29. The smallest absolute Gasteiger partial charge is 0.0463 e. The lowest BCUT2D eigenvalue weighted by atomic mass is 9.87.